The van der Waals surface area contributed by atoms with Crippen molar-refractivity contribution in [2.75, 3.05) is 10.6 Å². The zero-order chi connectivity index (χ0) is 26.7. The third-order valence-corrected chi connectivity index (χ3v) is 5.19. The number of carbonyl (C=O) groups excluding carboxylic acids is 3. The second-order valence-corrected chi connectivity index (χ2v) is 10.9. The summed E-state index contributed by atoms with van der Waals surface area (Å²) in [6.45, 7) is 10.3. The van der Waals surface area contributed by atoms with Gasteiger partial charge in [0.05, 0.1) is 12.0 Å². The summed E-state index contributed by atoms with van der Waals surface area (Å²) >= 11 is 0.947. The maximum absolute atomic E-state index is 12.7. The normalized spacial score (nSPS) is 12.3. The molecule has 2 heterocycles. The van der Waals surface area contributed by atoms with Crippen molar-refractivity contribution in [1.29, 1.82) is 0 Å². The highest BCUT2D eigenvalue weighted by atomic mass is 32.1. The molecular formula is C25H33N5O6S. The van der Waals surface area contributed by atoms with Gasteiger partial charge in [0.15, 0.2) is 5.75 Å². The summed E-state index contributed by atoms with van der Waals surface area (Å²) in [5, 5.41) is 24.7. The molecule has 0 aliphatic carbocycles. The fourth-order valence-corrected chi connectivity index (χ4v) is 3.77. The average Bonchev–Trinajstić information content (AvgIpc) is 3.17. The Bertz CT molecular complexity index is 1280. The molecule has 0 aliphatic heterocycles. The maximum atomic E-state index is 12.7. The number of aromatic hydroxyl groups is 1. The van der Waals surface area contributed by atoms with Gasteiger partial charge in [-0.1, -0.05) is 30.9 Å². The number of nitrogens with one attached hydrogen (secondary N) is 2. The SMILES string of the molecule is C.CC(C)(C)OC(=O)C[C@H](Nc1nnc(NC(=O)c2ccc3cccnc3c2O)s1)C(=O)OC(C)(C)C. The first kappa shape index (κ1) is 29.4. The summed E-state index contributed by atoms with van der Waals surface area (Å²) in [6.07, 6.45) is 1.22. The number of hydrogen-bond donors (Lipinski definition) is 3. The van der Waals surface area contributed by atoms with Crippen molar-refractivity contribution in [1.82, 2.24) is 15.2 Å². The molecule has 1 atom stereocenters. The van der Waals surface area contributed by atoms with E-state index in [1.54, 1.807) is 59.7 Å². The van der Waals surface area contributed by atoms with E-state index >= 15 is 0 Å². The molecule has 2 aromatic heterocycles. The summed E-state index contributed by atoms with van der Waals surface area (Å²) in [6, 6.07) is 5.56. The Morgan fingerprint density at radius 1 is 1.00 bits per heavy atom. The molecule has 1 aromatic carbocycles. The topological polar surface area (TPSA) is 153 Å². The van der Waals surface area contributed by atoms with Crippen molar-refractivity contribution in [2.45, 2.75) is 72.6 Å². The van der Waals surface area contributed by atoms with Gasteiger partial charge in [0, 0.05) is 11.6 Å². The average molecular weight is 532 g/mol. The van der Waals surface area contributed by atoms with Gasteiger partial charge in [-0.3, -0.25) is 19.9 Å². The van der Waals surface area contributed by atoms with Crippen LogP contribution in [0, 0.1) is 0 Å². The van der Waals surface area contributed by atoms with Gasteiger partial charge in [-0.05, 0) is 53.7 Å². The van der Waals surface area contributed by atoms with Gasteiger partial charge in [0.25, 0.3) is 5.91 Å². The molecule has 3 rings (SSSR count). The number of nitrogens with zero attached hydrogens (tertiary/aromatic N) is 3. The highest BCUT2D eigenvalue weighted by molar-refractivity contribution is 7.19. The molecule has 11 nitrogen and oxygen atoms in total. The minimum absolute atomic E-state index is 0. The Balaban J connectivity index is 0.00000481. The Kier molecular flexibility index (Phi) is 9.15. The van der Waals surface area contributed by atoms with Crippen molar-refractivity contribution >= 4 is 50.3 Å². The first-order valence-electron chi connectivity index (χ1n) is 11.1. The van der Waals surface area contributed by atoms with Crippen LogP contribution in [0.5, 0.6) is 5.75 Å². The van der Waals surface area contributed by atoms with E-state index < -0.39 is 35.1 Å². The van der Waals surface area contributed by atoms with Crippen LogP contribution in [0.1, 0.15) is 65.7 Å². The Morgan fingerprint density at radius 3 is 2.30 bits per heavy atom. The summed E-state index contributed by atoms with van der Waals surface area (Å²) < 4.78 is 10.8. The highest BCUT2D eigenvalue weighted by Crippen LogP contribution is 2.29. The van der Waals surface area contributed by atoms with Crippen molar-refractivity contribution < 1.29 is 29.0 Å². The molecule has 3 N–H and O–H groups in total. The van der Waals surface area contributed by atoms with Gasteiger partial charge in [-0.25, -0.2) is 4.79 Å². The van der Waals surface area contributed by atoms with Crippen LogP contribution in [-0.4, -0.2) is 55.4 Å². The third-order valence-electron chi connectivity index (χ3n) is 4.42. The van der Waals surface area contributed by atoms with E-state index in [0.29, 0.717) is 10.9 Å². The molecule has 200 valence electrons. The van der Waals surface area contributed by atoms with Crippen molar-refractivity contribution in [3.63, 3.8) is 0 Å². The fourth-order valence-electron chi connectivity index (χ4n) is 3.07. The molecule has 0 saturated carbocycles. The lowest BCUT2D eigenvalue weighted by atomic mass is 10.1. The molecule has 0 bridgehead atoms. The van der Waals surface area contributed by atoms with E-state index in [1.165, 1.54) is 12.3 Å². The summed E-state index contributed by atoms with van der Waals surface area (Å²) in [5.41, 5.74) is -1.18. The molecule has 12 heteroatoms. The van der Waals surface area contributed by atoms with Crippen LogP contribution in [0.2, 0.25) is 0 Å². The Labute approximate surface area is 219 Å². The number of anilines is 2. The van der Waals surface area contributed by atoms with Gasteiger partial charge in [0.1, 0.15) is 22.8 Å². The zero-order valence-corrected chi connectivity index (χ0v) is 21.7. The quantitative estimate of drug-likeness (QED) is 0.371. The van der Waals surface area contributed by atoms with Crippen molar-refractivity contribution in [2.24, 2.45) is 0 Å². The van der Waals surface area contributed by atoms with Gasteiger partial charge in [-0.2, -0.15) is 0 Å². The summed E-state index contributed by atoms with van der Waals surface area (Å²) in [5.74, 6) is -2.12. The van der Waals surface area contributed by atoms with Crippen LogP contribution in [0.25, 0.3) is 10.9 Å². The molecular weight excluding hydrogens is 498 g/mol. The largest absolute Gasteiger partial charge is 0.505 e. The molecule has 0 aliphatic rings. The molecule has 0 unspecified atom stereocenters. The van der Waals surface area contributed by atoms with Crippen LogP contribution in [0.15, 0.2) is 30.5 Å². The van der Waals surface area contributed by atoms with E-state index in [1.807, 2.05) is 0 Å². The van der Waals surface area contributed by atoms with Gasteiger partial charge < -0.3 is 19.9 Å². The summed E-state index contributed by atoms with van der Waals surface area (Å²) in [4.78, 5) is 42.0. The van der Waals surface area contributed by atoms with Crippen molar-refractivity contribution in [3.8, 4) is 5.75 Å². The fraction of sp³-hybridized carbons (Fsp3) is 0.440. The second kappa shape index (κ2) is 11.5. The van der Waals surface area contributed by atoms with Gasteiger partial charge in [0.2, 0.25) is 10.3 Å². The van der Waals surface area contributed by atoms with Crippen LogP contribution >= 0.6 is 11.3 Å². The number of esters is 2. The van der Waals surface area contributed by atoms with Crippen LogP contribution in [-0.2, 0) is 19.1 Å². The standard InChI is InChI=1S/C24H29N5O6S.CH4/c1-23(2,3)34-16(30)12-15(20(33)35-24(4,5)6)26-21-28-29-22(36-21)27-19(32)14-10-9-13-8-7-11-25-17(13)18(14)31;/h7-11,15,31H,12H2,1-6H3,(H,26,28)(H,27,29,32);1H4/t15-;/m0./s1. The molecule has 1 amide bonds. The van der Waals surface area contributed by atoms with Crippen LogP contribution in [0.4, 0.5) is 10.3 Å². The number of phenolic OH excluding ortho intramolecular Hbond substituents is 1. The third kappa shape index (κ3) is 8.38. The van der Waals surface area contributed by atoms with Crippen molar-refractivity contribution in [3.05, 3.63) is 36.0 Å². The predicted octanol–water partition coefficient (Wildman–Crippen LogP) is 4.53. The minimum atomic E-state index is -1.09. The van der Waals surface area contributed by atoms with E-state index in [4.69, 9.17) is 9.47 Å². The number of rotatable bonds is 7. The van der Waals surface area contributed by atoms with Crippen LogP contribution in [0.3, 0.4) is 0 Å². The molecule has 0 saturated heterocycles. The number of benzene rings is 1. The van der Waals surface area contributed by atoms with Gasteiger partial charge in [-0.15, -0.1) is 10.2 Å². The minimum Gasteiger partial charge on any atom is -0.505 e. The number of aromatic nitrogens is 3. The number of hydrogen-bond acceptors (Lipinski definition) is 11. The molecule has 37 heavy (non-hydrogen) atoms. The van der Waals surface area contributed by atoms with E-state index in [-0.39, 0.29) is 35.4 Å². The summed E-state index contributed by atoms with van der Waals surface area (Å²) in [7, 11) is 0. The smallest absolute Gasteiger partial charge is 0.329 e. The number of phenols is 1. The molecule has 3 aromatic rings. The highest BCUT2D eigenvalue weighted by Gasteiger charge is 2.30. The maximum Gasteiger partial charge on any atom is 0.329 e. The van der Waals surface area contributed by atoms with E-state index in [0.717, 1.165) is 11.3 Å². The molecule has 0 fully saturated rings. The first-order valence-corrected chi connectivity index (χ1v) is 12.0. The zero-order valence-electron chi connectivity index (χ0n) is 20.9. The Hall–Kier alpha value is -3.80. The van der Waals surface area contributed by atoms with E-state index in [2.05, 4.69) is 25.8 Å². The molecule has 0 radical (unpaired) electrons. The number of fused-ring (bicyclic) bond motifs is 1. The molecule has 0 spiro atoms. The van der Waals surface area contributed by atoms with E-state index in [9.17, 15) is 19.5 Å². The number of pyridine rings is 1. The monoisotopic (exact) mass is 531 g/mol. The van der Waals surface area contributed by atoms with Gasteiger partial charge >= 0.3 is 11.9 Å². The Morgan fingerprint density at radius 2 is 1.65 bits per heavy atom. The first-order chi connectivity index (χ1) is 16.7. The second-order valence-electron chi connectivity index (χ2n) is 9.92. The lowest BCUT2D eigenvalue weighted by Gasteiger charge is -2.25. The predicted molar refractivity (Wildman–Crippen MR) is 142 cm³/mol. The number of ether oxygens (including phenoxy) is 2. The van der Waals surface area contributed by atoms with Crippen LogP contribution < -0.4 is 10.6 Å². The number of carbonyl (C=O) groups is 3. The lowest BCUT2D eigenvalue weighted by molar-refractivity contribution is -0.163. The number of amides is 1. The lowest BCUT2D eigenvalue weighted by Crippen LogP contribution is -2.39.